The van der Waals surface area contributed by atoms with Gasteiger partial charge in [0.1, 0.15) is 5.75 Å². The molecule has 0 bridgehead atoms. The second-order valence-electron chi connectivity index (χ2n) is 10.1. The van der Waals surface area contributed by atoms with Crippen molar-refractivity contribution >= 4 is 11.6 Å². The Kier molecular flexibility index (Phi) is 7.55. The molecule has 3 aliphatic rings. The van der Waals surface area contributed by atoms with E-state index in [1.807, 2.05) is 29.2 Å². The number of nitrogens with zero attached hydrogens (tertiary/aromatic N) is 2. The van der Waals surface area contributed by atoms with Crippen LogP contribution < -0.4 is 15.4 Å². The van der Waals surface area contributed by atoms with Gasteiger partial charge >= 0.3 is 0 Å². The molecule has 1 saturated heterocycles. The van der Waals surface area contributed by atoms with Gasteiger partial charge in [-0.05, 0) is 77.5 Å². The Bertz CT molecular complexity index is 729. The number of amides is 1. The van der Waals surface area contributed by atoms with E-state index < -0.39 is 0 Å². The summed E-state index contributed by atoms with van der Waals surface area (Å²) >= 11 is 0. The number of para-hydroxylation sites is 2. The van der Waals surface area contributed by atoms with Crippen LogP contribution in [0.2, 0.25) is 0 Å². The summed E-state index contributed by atoms with van der Waals surface area (Å²) in [5, 5.41) is 0. The van der Waals surface area contributed by atoms with Crippen molar-refractivity contribution in [1.29, 1.82) is 0 Å². The number of ether oxygens (including phenoxy) is 1. The quantitative estimate of drug-likeness (QED) is 0.639. The maximum Gasteiger partial charge on any atom is 0.268 e. The number of rotatable bonds is 7. The normalized spacial score (nSPS) is 31.9. The predicted octanol–water partition coefficient (Wildman–Crippen LogP) is 4.73. The molecule has 2 fully saturated rings. The largest absolute Gasteiger partial charge is 0.478 e. The van der Waals surface area contributed by atoms with Crippen LogP contribution in [0.1, 0.15) is 78.1 Å². The average molecular weight is 428 g/mol. The van der Waals surface area contributed by atoms with Crippen LogP contribution in [-0.2, 0) is 4.79 Å². The van der Waals surface area contributed by atoms with Gasteiger partial charge in [-0.2, -0.15) is 0 Å². The molecular weight excluding hydrogens is 386 g/mol. The second kappa shape index (κ2) is 10.4. The lowest BCUT2D eigenvalue weighted by Gasteiger charge is -2.40. The van der Waals surface area contributed by atoms with Crippen LogP contribution in [0.15, 0.2) is 24.3 Å². The highest BCUT2D eigenvalue weighted by Crippen LogP contribution is 2.38. The highest BCUT2D eigenvalue weighted by atomic mass is 16.5. The van der Waals surface area contributed by atoms with E-state index >= 15 is 0 Å². The van der Waals surface area contributed by atoms with Crippen LogP contribution in [0, 0.1) is 5.92 Å². The molecule has 1 aromatic carbocycles. The minimum Gasteiger partial charge on any atom is -0.478 e. The molecule has 5 heteroatoms. The lowest BCUT2D eigenvalue weighted by atomic mass is 9.81. The molecule has 3 unspecified atom stereocenters. The minimum absolute atomic E-state index is 0.135. The van der Waals surface area contributed by atoms with E-state index in [9.17, 15) is 4.79 Å². The topological polar surface area (TPSA) is 58.8 Å². The summed E-state index contributed by atoms with van der Waals surface area (Å²) in [6.07, 6.45) is 11.1. The fraction of sp³-hybridized carbons (Fsp3) is 0.731. The molecule has 5 nitrogen and oxygen atoms in total. The lowest BCUT2D eigenvalue weighted by molar-refractivity contribution is -0.129. The van der Waals surface area contributed by atoms with E-state index in [4.69, 9.17) is 10.5 Å². The van der Waals surface area contributed by atoms with E-state index in [1.54, 1.807) is 0 Å². The molecule has 2 N–H and O–H groups in total. The van der Waals surface area contributed by atoms with E-state index in [1.165, 1.54) is 32.2 Å². The molecule has 0 aromatic heterocycles. The van der Waals surface area contributed by atoms with Crippen molar-refractivity contribution in [2.75, 3.05) is 18.0 Å². The third kappa shape index (κ3) is 5.25. The molecule has 1 aromatic rings. The predicted molar refractivity (Wildman–Crippen MR) is 126 cm³/mol. The number of fused-ring (bicyclic) bond motifs is 1. The molecule has 1 amide bonds. The first-order valence-corrected chi connectivity index (χ1v) is 12.6. The van der Waals surface area contributed by atoms with Gasteiger partial charge in [0.2, 0.25) is 0 Å². The number of unbranched alkanes of at least 4 members (excludes halogenated alkanes) is 2. The van der Waals surface area contributed by atoms with E-state index in [2.05, 4.69) is 18.7 Å². The number of nitrogens with two attached hydrogens (primary N) is 1. The van der Waals surface area contributed by atoms with Crippen molar-refractivity contribution in [3.05, 3.63) is 24.3 Å². The second-order valence-corrected chi connectivity index (χ2v) is 10.1. The van der Waals surface area contributed by atoms with Gasteiger partial charge in [-0.25, -0.2) is 0 Å². The maximum atomic E-state index is 13.4. The first-order chi connectivity index (χ1) is 15.0. The SMILES string of the molecule is C[C@@H]1CCC[C@H](C)N1CCCCCN1C(=O)C(C2CCCC(N)C2)Oc2ccccc21. The van der Waals surface area contributed by atoms with Gasteiger partial charge in [0, 0.05) is 30.6 Å². The van der Waals surface area contributed by atoms with Gasteiger partial charge in [-0.1, -0.05) is 31.4 Å². The highest BCUT2D eigenvalue weighted by molar-refractivity contribution is 6.00. The zero-order chi connectivity index (χ0) is 21.8. The van der Waals surface area contributed by atoms with Gasteiger partial charge < -0.3 is 15.4 Å². The van der Waals surface area contributed by atoms with Gasteiger partial charge in [0.15, 0.2) is 6.10 Å². The zero-order valence-electron chi connectivity index (χ0n) is 19.5. The molecule has 1 saturated carbocycles. The van der Waals surface area contributed by atoms with Crippen LogP contribution >= 0.6 is 0 Å². The van der Waals surface area contributed by atoms with Crippen molar-refractivity contribution in [3.8, 4) is 5.75 Å². The van der Waals surface area contributed by atoms with Crippen LogP contribution in [0.4, 0.5) is 5.69 Å². The fourth-order valence-corrected chi connectivity index (χ4v) is 5.97. The molecule has 0 spiro atoms. The number of hydrogen-bond acceptors (Lipinski definition) is 4. The van der Waals surface area contributed by atoms with Crippen molar-refractivity contribution in [2.45, 2.75) is 102 Å². The van der Waals surface area contributed by atoms with Crippen LogP contribution in [0.25, 0.3) is 0 Å². The third-order valence-corrected chi connectivity index (χ3v) is 7.78. The Morgan fingerprint density at radius 1 is 0.968 bits per heavy atom. The van der Waals surface area contributed by atoms with Crippen molar-refractivity contribution < 1.29 is 9.53 Å². The van der Waals surface area contributed by atoms with E-state index in [0.717, 1.165) is 56.5 Å². The van der Waals surface area contributed by atoms with Crippen LogP contribution in [0.5, 0.6) is 5.75 Å². The Morgan fingerprint density at radius 2 is 1.68 bits per heavy atom. The number of carbonyl (C=O) groups is 1. The molecule has 172 valence electrons. The van der Waals surface area contributed by atoms with Crippen LogP contribution in [0.3, 0.4) is 0 Å². The molecule has 2 heterocycles. The Labute approximate surface area is 188 Å². The Hall–Kier alpha value is -1.59. The molecular formula is C26H41N3O2. The summed E-state index contributed by atoms with van der Waals surface area (Å²) in [6, 6.07) is 9.63. The molecule has 4 rings (SSSR count). The van der Waals surface area contributed by atoms with E-state index in [-0.39, 0.29) is 24.0 Å². The molecule has 5 atom stereocenters. The number of benzene rings is 1. The van der Waals surface area contributed by atoms with Crippen molar-refractivity contribution in [1.82, 2.24) is 4.90 Å². The van der Waals surface area contributed by atoms with E-state index in [0.29, 0.717) is 12.1 Å². The van der Waals surface area contributed by atoms with Crippen molar-refractivity contribution in [3.63, 3.8) is 0 Å². The summed E-state index contributed by atoms with van der Waals surface area (Å²) in [4.78, 5) is 18.1. The van der Waals surface area contributed by atoms with Gasteiger partial charge in [-0.3, -0.25) is 9.69 Å². The summed E-state index contributed by atoms with van der Waals surface area (Å²) in [7, 11) is 0. The maximum absolute atomic E-state index is 13.4. The number of carbonyl (C=O) groups excluding carboxylic acids is 1. The van der Waals surface area contributed by atoms with Crippen molar-refractivity contribution in [2.24, 2.45) is 11.7 Å². The highest BCUT2D eigenvalue weighted by Gasteiger charge is 2.40. The van der Waals surface area contributed by atoms with Gasteiger partial charge in [0.05, 0.1) is 5.69 Å². The molecule has 2 aliphatic heterocycles. The first-order valence-electron chi connectivity index (χ1n) is 12.6. The van der Waals surface area contributed by atoms with Gasteiger partial charge in [0.25, 0.3) is 5.91 Å². The number of anilines is 1. The zero-order valence-corrected chi connectivity index (χ0v) is 19.5. The molecule has 31 heavy (non-hydrogen) atoms. The summed E-state index contributed by atoms with van der Waals surface area (Å²) in [5.41, 5.74) is 7.15. The Balaban J connectivity index is 1.34. The summed E-state index contributed by atoms with van der Waals surface area (Å²) < 4.78 is 6.24. The monoisotopic (exact) mass is 427 g/mol. The standard InChI is InChI=1S/C26H41N3O2/c1-19-10-8-11-20(2)28(19)16-6-3-7-17-29-23-14-4-5-15-24(23)31-25(26(29)30)21-12-9-13-22(27)18-21/h4-5,14-15,19-22,25H,3,6-13,16-18,27H2,1-2H3/t19-,20+,21?,22?,25?. The number of piperidine rings is 1. The minimum atomic E-state index is -0.378. The number of likely N-dealkylation sites (tertiary alicyclic amines) is 1. The van der Waals surface area contributed by atoms with Gasteiger partial charge in [-0.15, -0.1) is 0 Å². The third-order valence-electron chi connectivity index (χ3n) is 7.78. The molecule has 1 aliphatic carbocycles. The molecule has 0 radical (unpaired) electrons. The lowest BCUT2D eigenvalue weighted by Crippen LogP contribution is -2.51. The Morgan fingerprint density at radius 3 is 2.45 bits per heavy atom. The fourth-order valence-electron chi connectivity index (χ4n) is 5.97. The summed E-state index contributed by atoms with van der Waals surface area (Å²) in [5.74, 6) is 1.22. The first kappa shape index (κ1) is 22.6. The van der Waals surface area contributed by atoms with Crippen LogP contribution in [-0.4, -0.2) is 48.1 Å². The summed E-state index contributed by atoms with van der Waals surface area (Å²) in [6.45, 7) is 6.70. The average Bonchev–Trinajstić information content (AvgIpc) is 2.76. The number of hydrogen-bond donors (Lipinski definition) is 1. The smallest absolute Gasteiger partial charge is 0.268 e.